The van der Waals surface area contributed by atoms with Gasteiger partial charge in [0.1, 0.15) is 0 Å². The molecule has 1 atom stereocenters. The van der Waals surface area contributed by atoms with E-state index in [-0.39, 0.29) is 6.10 Å². The van der Waals surface area contributed by atoms with Gasteiger partial charge in [0.15, 0.2) is 5.13 Å². The summed E-state index contributed by atoms with van der Waals surface area (Å²) in [5.74, 6) is 0. The maximum atomic E-state index is 9.51. The van der Waals surface area contributed by atoms with Gasteiger partial charge < -0.3 is 20.1 Å². The highest BCUT2D eigenvalue weighted by atomic mass is 32.1. The van der Waals surface area contributed by atoms with E-state index in [0.29, 0.717) is 13.0 Å². The van der Waals surface area contributed by atoms with Crippen LogP contribution in [0.4, 0.5) is 5.13 Å². The minimum absolute atomic E-state index is 0.384. The Labute approximate surface area is 119 Å². The molecule has 6 heteroatoms. The number of aliphatic hydroxyl groups is 1. The summed E-state index contributed by atoms with van der Waals surface area (Å²) in [6, 6.07) is 0. The van der Waals surface area contributed by atoms with E-state index < -0.39 is 0 Å². The van der Waals surface area contributed by atoms with Crippen molar-refractivity contribution in [3.05, 3.63) is 11.1 Å². The Bertz CT molecular complexity index is 342. The number of nitrogens with one attached hydrogen (secondary N) is 1. The molecule has 1 heterocycles. The van der Waals surface area contributed by atoms with E-state index >= 15 is 0 Å². The molecule has 19 heavy (non-hydrogen) atoms. The molecule has 0 aliphatic rings. The van der Waals surface area contributed by atoms with Gasteiger partial charge in [-0.15, -0.1) is 11.3 Å². The fourth-order valence-electron chi connectivity index (χ4n) is 1.78. The van der Waals surface area contributed by atoms with Gasteiger partial charge in [-0.05, 0) is 26.8 Å². The second kappa shape index (κ2) is 9.25. The zero-order valence-corrected chi connectivity index (χ0v) is 12.9. The van der Waals surface area contributed by atoms with E-state index in [4.69, 9.17) is 4.74 Å². The minimum atomic E-state index is -0.384. The number of methoxy groups -OCH3 is 1. The van der Waals surface area contributed by atoms with Crippen molar-refractivity contribution in [2.45, 2.75) is 32.9 Å². The van der Waals surface area contributed by atoms with E-state index in [9.17, 15) is 5.11 Å². The van der Waals surface area contributed by atoms with Crippen LogP contribution in [0, 0.1) is 0 Å². The summed E-state index contributed by atoms with van der Waals surface area (Å²) < 4.78 is 4.88. The molecule has 0 saturated heterocycles. The van der Waals surface area contributed by atoms with Crippen molar-refractivity contribution in [2.75, 3.05) is 38.3 Å². The molecule has 0 saturated carbocycles. The van der Waals surface area contributed by atoms with Crippen molar-refractivity contribution >= 4 is 16.5 Å². The number of rotatable bonds is 10. The molecular weight excluding hydrogens is 262 g/mol. The van der Waals surface area contributed by atoms with Gasteiger partial charge in [0.25, 0.3) is 0 Å². The topological polar surface area (TPSA) is 57.6 Å². The molecule has 110 valence electrons. The highest BCUT2D eigenvalue weighted by Crippen LogP contribution is 2.21. The molecule has 0 aromatic carbocycles. The van der Waals surface area contributed by atoms with Crippen LogP contribution in [-0.4, -0.2) is 49.5 Å². The van der Waals surface area contributed by atoms with Crippen LogP contribution in [0.5, 0.6) is 0 Å². The fraction of sp³-hybridized carbons (Fsp3) is 0.769. The summed E-state index contributed by atoms with van der Waals surface area (Å²) >= 11 is 1.72. The second-order valence-electron chi connectivity index (χ2n) is 4.36. The third kappa shape index (κ3) is 5.86. The summed E-state index contributed by atoms with van der Waals surface area (Å²) in [6.45, 7) is 8.23. The van der Waals surface area contributed by atoms with E-state index in [2.05, 4.69) is 29.0 Å². The second-order valence-corrected chi connectivity index (χ2v) is 5.45. The molecule has 1 aromatic heterocycles. The number of hydrogen-bond acceptors (Lipinski definition) is 6. The van der Waals surface area contributed by atoms with Gasteiger partial charge in [0.05, 0.1) is 12.7 Å². The molecule has 1 aromatic rings. The smallest absolute Gasteiger partial charge is 0.185 e. The number of thiazole rings is 1. The molecule has 0 radical (unpaired) electrons. The molecule has 0 amide bonds. The molecule has 1 unspecified atom stereocenters. The van der Waals surface area contributed by atoms with Crippen LogP contribution in [0.3, 0.4) is 0 Å². The van der Waals surface area contributed by atoms with Crippen molar-refractivity contribution in [1.29, 1.82) is 0 Å². The zero-order valence-electron chi connectivity index (χ0n) is 12.1. The van der Waals surface area contributed by atoms with Crippen LogP contribution in [0.25, 0.3) is 0 Å². The maximum absolute atomic E-state index is 9.51. The molecular formula is C13H25N3O2S. The van der Waals surface area contributed by atoms with Crippen molar-refractivity contribution < 1.29 is 9.84 Å². The highest BCUT2D eigenvalue weighted by Gasteiger charge is 2.07. The monoisotopic (exact) mass is 287 g/mol. The minimum Gasteiger partial charge on any atom is -0.391 e. The zero-order chi connectivity index (χ0) is 14.1. The lowest BCUT2D eigenvalue weighted by Gasteiger charge is -2.16. The Morgan fingerprint density at radius 2 is 2.21 bits per heavy atom. The third-order valence-electron chi connectivity index (χ3n) is 2.89. The van der Waals surface area contributed by atoms with E-state index in [1.165, 1.54) is 4.88 Å². The molecule has 2 N–H and O–H groups in total. The Hall–Kier alpha value is -0.690. The number of aliphatic hydroxyl groups excluding tert-OH is 1. The Morgan fingerprint density at radius 1 is 1.47 bits per heavy atom. The summed E-state index contributed by atoms with van der Waals surface area (Å²) in [4.78, 5) is 7.91. The Morgan fingerprint density at radius 3 is 2.84 bits per heavy atom. The molecule has 1 rings (SSSR count). The first-order chi connectivity index (χ1) is 9.21. The first kappa shape index (κ1) is 16.4. The van der Waals surface area contributed by atoms with Crippen LogP contribution in [-0.2, 0) is 11.3 Å². The fourth-order valence-corrected chi connectivity index (χ4v) is 2.78. The van der Waals surface area contributed by atoms with Crippen molar-refractivity contribution in [3.8, 4) is 0 Å². The van der Waals surface area contributed by atoms with Gasteiger partial charge in [-0.1, -0.05) is 0 Å². The number of hydrogen-bond donors (Lipinski definition) is 2. The molecule has 0 bridgehead atoms. The van der Waals surface area contributed by atoms with E-state index in [1.807, 2.05) is 6.20 Å². The van der Waals surface area contributed by atoms with Crippen molar-refractivity contribution in [2.24, 2.45) is 0 Å². The summed E-state index contributed by atoms with van der Waals surface area (Å²) in [5.41, 5.74) is 0. The third-order valence-corrected chi connectivity index (χ3v) is 3.95. The molecule has 0 aliphatic heterocycles. The summed E-state index contributed by atoms with van der Waals surface area (Å²) in [5, 5.41) is 13.9. The maximum Gasteiger partial charge on any atom is 0.185 e. The van der Waals surface area contributed by atoms with Gasteiger partial charge >= 0.3 is 0 Å². The molecule has 5 nitrogen and oxygen atoms in total. The summed E-state index contributed by atoms with van der Waals surface area (Å²) in [7, 11) is 1.60. The number of anilines is 1. The quantitative estimate of drug-likeness (QED) is 0.638. The predicted octanol–water partition coefficient (Wildman–Crippen LogP) is 1.48. The van der Waals surface area contributed by atoms with Gasteiger partial charge in [-0.3, -0.25) is 0 Å². The molecule has 0 spiro atoms. The first-order valence-corrected chi connectivity index (χ1v) is 7.60. The lowest BCUT2D eigenvalue weighted by molar-refractivity contribution is 0.0594. The van der Waals surface area contributed by atoms with Crippen LogP contribution >= 0.6 is 11.3 Å². The van der Waals surface area contributed by atoms with Crippen LogP contribution in [0.2, 0.25) is 0 Å². The SMILES string of the molecule is CCN(CC)c1ncc(CNCCC(O)COC)s1. The number of nitrogens with zero attached hydrogens (tertiary/aromatic N) is 2. The Balaban J connectivity index is 2.26. The average molecular weight is 287 g/mol. The Kier molecular flexibility index (Phi) is 7.97. The van der Waals surface area contributed by atoms with Crippen molar-refractivity contribution in [3.63, 3.8) is 0 Å². The van der Waals surface area contributed by atoms with Gasteiger partial charge in [-0.2, -0.15) is 0 Å². The largest absolute Gasteiger partial charge is 0.391 e. The van der Waals surface area contributed by atoms with E-state index in [0.717, 1.165) is 31.3 Å². The standard InChI is InChI=1S/C13H25N3O2S/c1-4-16(5-2)13-15-9-12(19-13)8-14-7-6-11(17)10-18-3/h9,11,14,17H,4-8,10H2,1-3H3. The summed E-state index contributed by atoms with van der Waals surface area (Å²) in [6.07, 6.45) is 2.25. The lowest BCUT2D eigenvalue weighted by atomic mass is 10.2. The van der Waals surface area contributed by atoms with Crippen molar-refractivity contribution in [1.82, 2.24) is 10.3 Å². The lowest BCUT2D eigenvalue weighted by Crippen LogP contribution is -2.22. The van der Waals surface area contributed by atoms with Crippen LogP contribution in [0.15, 0.2) is 6.20 Å². The number of aromatic nitrogens is 1. The predicted molar refractivity (Wildman–Crippen MR) is 79.9 cm³/mol. The highest BCUT2D eigenvalue weighted by molar-refractivity contribution is 7.15. The van der Waals surface area contributed by atoms with E-state index in [1.54, 1.807) is 18.4 Å². The van der Waals surface area contributed by atoms with Gasteiger partial charge in [0, 0.05) is 37.8 Å². The van der Waals surface area contributed by atoms with Crippen LogP contribution < -0.4 is 10.2 Å². The first-order valence-electron chi connectivity index (χ1n) is 6.78. The van der Waals surface area contributed by atoms with Gasteiger partial charge in [-0.25, -0.2) is 4.98 Å². The molecule has 0 aliphatic carbocycles. The van der Waals surface area contributed by atoms with Crippen LogP contribution in [0.1, 0.15) is 25.1 Å². The number of ether oxygens (including phenoxy) is 1. The average Bonchev–Trinajstić information content (AvgIpc) is 2.85. The molecule has 0 fully saturated rings. The van der Waals surface area contributed by atoms with Gasteiger partial charge in [0.2, 0.25) is 0 Å². The normalized spacial score (nSPS) is 12.6.